The van der Waals surface area contributed by atoms with Crippen LogP contribution >= 0.6 is 0 Å². The zero-order valence-electron chi connectivity index (χ0n) is 16.8. The quantitative estimate of drug-likeness (QED) is 0.559. The monoisotopic (exact) mass is 412 g/mol. The zero-order valence-corrected chi connectivity index (χ0v) is 16.8. The van der Waals surface area contributed by atoms with Crippen molar-refractivity contribution < 1.29 is 19.1 Å². The minimum Gasteiger partial charge on any atom is -0.492 e. The van der Waals surface area contributed by atoms with E-state index in [2.05, 4.69) is 5.32 Å². The van der Waals surface area contributed by atoms with E-state index in [1.54, 1.807) is 42.5 Å². The Kier molecular flexibility index (Phi) is 4.84. The largest absolute Gasteiger partial charge is 0.492 e. The van der Waals surface area contributed by atoms with Gasteiger partial charge < -0.3 is 10.1 Å². The molecule has 1 aliphatic carbocycles. The number of rotatable bonds is 3. The van der Waals surface area contributed by atoms with E-state index < -0.39 is 0 Å². The molecule has 0 atom stereocenters. The number of anilines is 1. The molecule has 5 rings (SSSR count). The Morgan fingerprint density at radius 1 is 0.871 bits per heavy atom. The number of nitrogens with one attached hydrogen (secondary N) is 1. The summed E-state index contributed by atoms with van der Waals surface area (Å²) in [6.07, 6.45) is 0. The van der Waals surface area contributed by atoms with Gasteiger partial charge in [0, 0.05) is 35.3 Å². The third kappa shape index (κ3) is 3.51. The molecular weight excluding hydrogens is 392 g/mol. The Balaban J connectivity index is 1.37. The van der Waals surface area contributed by atoms with Crippen molar-refractivity contribution in [2.24, 2.45) is 0 Å². The van der Waals surface area contributed by atoms with Crippen LogP contribution in [0, 0.1) is 0 Å². The smallest absolute Gasteiger partial charge is 0.238 e. The first kappa shape index (κ1) is 19.2. The summed E-state index contributed by atoms with van der Waals surface area (Å²) >= 11 is 0. The number of para-hydroxylation sites is 1. The molecule has 0 spiro atoms. The maximum atomic E-state index is 13.1. The van der Waals surface area contributed by atoms with E-state index in [0.29, 0.717) is 42.1 Å². The lowest BCUT2D eigenvalue weighted by Crippen LogP contribution is -2.35. The molecule has 1 N–H and O–H groups in total. The molecule has 6 nitrogen and oxygen atoms in total. The summed E-state index contributed by atoms with van der Waals surface area (Å²) in [6.45, 7) is 1.86. The van der Waals surface area contributed by atoms with E-state index in [-0.39, 0.29) is 29.6 Å². The number of ether oxygens (including phenoxy) is 1. The van der Waals surface area contributed by atoms with E-state index in [9.17, 15) is 14.4 Å². The number of benzene rings is 3. The van der Waals surface area contributed by atoms with Crippen LogP contribution in [-0.4, -0.2) is 42.1 Å². The summed E-state index contributed by atoms with van der Waals surface area (Å²) in [5.74, 6) is 0.137. The Morgan fingerprint density at radius 2 is 1.58 bits per heavy atom. The highest BCUT2D eigenvalue weighted by molar-refractivity contribution is 6.30. The standard InChI is InChI=1S/C25H20N2O4/c28-22(15-27-12-13-31-21-11-4-1-6-16(21)14-27)26-20-10-5-9-19-23(20)25(30)18-8-3-2-7-17(18)24(19)29/h1-11H,12-15H2,(H,26,28). The fourth-order valence-electron chi connectivity index (χ4n) is 4.16. The van der Waals surface area contributed by atoms with Crippen LogP contribution in [0.5, 0.6) is 5.75 Å². The average molecular weight is 412 g/mol. The number of amides is 1. The zero-order chi connectivity index (χ0) is 21.4. The Morgan fingerprint density at radius 3 is 2.42 bits per heavy atom. The second-order valence-corrected chi connectivity index (χ2v) is 7.65. The van der Waals surface area contributed by atoms with E-state index in [1.165, 1.54) is 0 Å². The molecule has 6 heteroatoms. The molecule has 3 aromatic rings. The van der Waals surface area contributed by atoms with E-state index in [1.807, 2.05) is 29.2 Å². The third-order valence-electron chi connectivity index (χ3n) is 5.63. The molecule has 154 valence electrons. The second-order valence-electron chi connectivity index (χ2n) is 7.65. The normalized spacial score (nSPS) is 15.2. The number of fused-ring (bicyclic) bond motifs is 3. The molecular formula is C25H20N2O4. The minimum absolute atomic E-state index is 0.153. The van der Waals surface area contributed by atoms with Crippen LogP contribution in [0.2, 0.25) is 0 Å². The molecule has 2 aliphatic rings. The molecule has 1 amide bonds. The number of nitrogens with zero attached hydrogens (tertiary/aromatic N) is 1. The number of hydrogen-bond donors (Lipinski definition) is 1. The lowest BCUT2D eigenvalue weighted by atomic mass is 9.83. The van der Waals surface area contributed by atoms with Crippen LogP contribution in [0.1, 0.15) is 37.4 Å². The average Bonchev–Trinajstić information content (AvgIpc) is 2.99. The van der Waals surface area contributed by atoms with Gasteiger partial charge in [-0.05, 0) is 12.1 Å². The lowest BCUT2D eigenvalue weighted by molar-refractivity contribution is -0.117. The molecule has 0 radical (unpaired) electrons. The summed E-state index contributed by atoms with van der Waals surface area (Å²) in [4.78, 5) is 40.8. The molecule has 31 heavy (non-hydrogen) atoms. The fourth-order valence-corrected chi connectivity index (χ4v) is 4.16. The second kappa shape index (κ2) is 7.81. The summed E-state index contributed by atoms with van der Waals surface area (Å²) in [6, 6.07) is 19.5. The molecule has 0 fully saturated rings. The first-order valence-corrected chi connectivity index (χ1v) is 10.2. The van der Waals surface area contributed by atoms with Crippen molar-refractivity contribution in [3.8, 4) is 5.75 Å². The number of carbonyl (C=O) groups is 3. The van der Waals surface area contributed by atoms with Crippen molar-refractivity contribution >= 4 is 23.2 Å². The van der Waals surface area contributed by atoms with Gasteiger partial charge in [-0.15, -0.1) is 0 Å². The highest BCUT2D eigenvalue weighted by Crippen LogP contribution is 2.32. The van der Waals surface area contributed by atoms with E-state index in [0.717, 1.165) is 11.3 Å². The molecule has 0 unspecified atom stereocenters. The topological polar surface area (TPSA) is 75.7 Å². The first-order valence-electron chi connectivity index (χ1n) is 10.2. The van der Waals surface area contributed by atoms with Gasteiger partial charge in [-0.2, -0.15) is 0 Å². The van der Waals surface area contributed by atoms with Gasteiger partial charge in [0.1, 0.15) is 12.4 Å². The molecule has 0 aromatic heterocycles. The Hall–Kier alpha value is -3.77. The summed E-state index contributed by atoms with van der Waals surface area (Å²) in [7, 11) is 0. The van der Waals surface area contributed by atoms with Crippen LogP contribution in [0.3, 0.4) is 0 Å². The predicted octanol–water partition coefficient (Wildman–Crippen LogP) is 3.30. The van der Waals surface area contributed by atoms with Crippen molar-refractivity contribution in [3.05, 3.63) is 94.5 Å². The predicted molar refractivity (Wildman–Crippen MR) is 116 cm³/mol. The first-order chi connectivity index (χ1) is 15.1. The third-order valence-corrected chi connectivity index (χ3v) is 5.63. The van der Waals surface area contributed by atoms with Crippen molar-refractivity contribution in [3.63, 3.8) is 0 Å². The van der Waals surface area contributed by atoms with Crippen molar-refractivity contribution in [2.75, 3.05) is 25.0 Å². The number of carbonyl (C=O) groups excluding carboxylic acids is 3. The van der Waals surface area contributed by atoms with Gasteiger partial charge in [0.05, 0.1) is 17.8 Å². The van der Waals surface area contributed by atoms with Crippen molar-refractivity contribution in [2.45, 2.75) is 6.54 Å². The van der Waals surface area contributed by atoms with Crippen LogP contribution < -0.4 is 10.1 Å². The molecule has 1 aliphatic heterocycles. The number of hydrogen-bond acceptors (Lipinski definition) is 5. The maximum absolute atomic E-state index is 13.1. The van der Waals surface area contributed by atoms with Crippen molar-refractivity contribution in [1.29, 1.82) is 0 Å². The summed E-state index contributed by atoms with van der Waals surface area (Å²) in [5.41, 5.74) is 2.72. The molecule has 0 saturated carbocycles. The summed E-state index contributed by atoms with van der Waals surface area (Å²) < 4.78 is 5.76. The van der Waals surface area contributed by atoms with Gasteiger partial charge in [0.2, 0.25) is 5.91 Å². The fraction of sp³-hybridized carbons (Fsp3) is 0.160. The molecule has 1 heterocycles. The molecule has 3 aromatic carbocycles. The van der Waals surface area contributed by atoms with Gasteiger partial charge in [-0.25, -0.2) is 0 Å². The van der Waals surface area contributed by atoms with E-state index >= 15 is 0 Å². The van der Waals surface area contributed by atoms with Gasteiger partial charge >= 0.3 is 0 Å². The highest BCUT2D eigenvalue weighted by atomic mass is 16.5. The van der Waals surface area contributed by atoms with Gasteiger partial charge in [0.25, 0.3) is 0 Å². The van der Waals surface area contributed by atoms with Crippen LogP contribution in [0.4, 0.5) is 5.69 Å². The van der Waals surface area contributed by atoms with Crippen LogP contribution in [-0.2, 0) is 11.3 Å². The van der Waals surface area contributed by atoms with Crippen molar-refractivity contribution in [1.82, 2.24) is 4.90 Å². The SMILES string of the molecule is O=C(CN1CCOc2ccccc2C1)Nc1cccc2c1C(=O)c1ccccc1C2=O. The minimum atomic E-state index is -0.252. The lowest BCUT2D eigenvalue weighted by Gasteiger charge is -2.22. The maximum Gasteiger partial charge on any atom is 0.238 e. The van der Waals surface area contributed by atoms with Crippen LogP contribution in [0.25, 0.3) is 0 Å². The van der Waals surface area contributed by atoms with E-state index in [4.69, 9.17) is 4.74 Å². The van der Waals surface area contributed by atoms with Gasteiger partial charge in [-0.3, -0.25) is 19.3 Å². The number of ketones is 2. The summed E-state index contributed by atoms with van der Waals surface area (Å²) in [5, 5.41) is 2.85. The van der Waals surface area contributed by atoms with Gasteiger partial charge in [0.15, 0.2) is 11.6 Å². The molecule has 0 saturated heterocycles. The van der Waals surface area contributed by atoms with Gasteiger partial charge in [-0.1, -0.05) is 54.6 Å². The Bertz CT molecular complexity index is 1220. The highest BCUT2D eigenvalue weighted by Gasteiger charge is 2.31. The van der Waals surface area contributed by atoms with Crippen LogP contribution in [0.15, 0.2) is 66.7 Å². The Labute approximate surface area is 179 Å². The molecule has 0 bridgehead atoms.